The van der Waals surface area contributed by atoms with Gasteiger partial charge in [0.25, 0.3) is 0 Å². The number of anilines is 1. The molecule has 0 saturated heterocycles. The van der Waals surface area contributed by atoms with Gasteiger partial charge in [0.15, 0.2) is 0 Å². The number of carbonyl (C=O) groups is 2. The molecule has 0 aromatic heterocycles. The van der Waals surface area contributed by atoms with Gasteiger partial charge in [-0.3, -0.25) is 9.59 Å². The molecule has 1 aliphatic carbocycles. The molecule has 106 valence electrons. The Balaban J connectivity index is 1.75. The van der Waals surface area contributed by atoms with Crippen LogP contribution in [-0.4, -0.2) is 18.4 Å². The van der Waals surface area contributed by atoms with Gasteiger partial charge in [0.1, 0.15) is 0 Å². The molecular weight excluding hydrogens is 276 g/mol. The second-order valence-corrected chi connectivity index (χ2v) is 5.19. The van der Waals surface area contributed by atoms with Crippen molar-refractivity contribution in [1.82, 2.24) is 5.32 Å². The smallest absolute Gasteiger partial charge is 0.243 e. The molecule has 0 spiro atoms. The molecule has 1 aliphatic rings. The fourth-order valence-corrected chi connectivity index (χ4v) is 2.21. The molecule has 0 bridgehead atoms. The lowest BCUT2D eigenvalue weighted by atomic mass is 9.94. The SMILES string of the molecule is O=C(CNC(=O)[C@@H]1CC=CCC1)Nc1ccc(Cl)cc1. The molecule has 2 amide bonds. The van der Waals surface area contributed by atoms with Crippen molar-refractivity contribution in [2.75, 3.05) is 11.9 Å². The quantitative estimate of drug-likeness (QED) is 0.838. The first-order valence-electron chi connectivity index (χ1n) is 6.63. The summed E-state index contributed by atoms with van der Waals surface area (Å²) >= 11 is 5.76. The number of hydrogen-bond acceptors (Lipinski definition) is 2. The third-order valence-electron chi connectivity index (χ3n) is 3.19. The van der Waals surface area contributed by atoms with Gasteiger partial charge in [0.2, 0.25) is 11.8 Å². The molecule has 2 N–H and O–H groups in total. The molecule has 1 atom stereocenters. The van der Waals surface area contributed by atoms with Crippen LogP contribution in [-0.2, 0) is 9.59 Å². The highest BCUT2D eigenvalue weighted by Gasteiger charge is 2.18. The minimum atomic E-state index is -0.243. The predicted octanol–water partition coefficient (Wildman–Crippen LogP) is 2.75. The van der Waals surface area contributed by atoms with Crippen molar-refractivity contribution in [3.63, 3.8) is 0 Å². The molecule has 20 heavy (non-hydrogen) atoms. The van der Waals surface area contributed by atoms with Crippen molar-refractivity contribution in [2.45, 2.75) is 19.3 Å². The van der Waals surface area contributed by atoms with Crippen LogP contribution in [0.25, 0.3) is 0 Å². The van der Waals surface area contributed by atoms with Gasteiger partial charge in [0.05, 0.1) is 6.54 Å². The number of halogens is 1. The van der Waals surface area contributed by atoms with Crippen molar-refractivity contribution in [1.29, 1.82) is 0 Å². The van der Waals surface area contributed by atoms with Gasteiger partial charge >= 0.3 is 0 Å². The van der Waals surface area contributed by atoms with Gasteiger partial charge in [-0.05, 0) is 43.5 Å². The first kappa shape index (κ1) is 14.6. The minimum Gasteiger partial charge on any atom is -0.347 e. The van der Waals surface area contributed by atoms with Crippen LogP contribution < -0.4 is 10.6 Å². The van der Waals surface area contributed by atoms with Crippen LogP contribution in [0.1, 0.15) is 19.3 Å². The second-order valence-electron chi connectivity index (χ2n) is 4.75. The molecule has 0 fully saturated rings. The summed E-state index contributed by atoms with van der Waals surface area (Å²) in [6, 6.07) is 6.83. The molecule has 0 unspecified atom stereocenters. The Kier molecular flexibility index (Phi) is 5.18. The van der Waals surface area contributed by atoms with Crippen LogP contribution in [0.5, 0.6) is 0 Å². The third kappa shape index (κ3) is 4.38. The highest BCUT2D eigenvalue weighted by Crippen LogP contribution is 2.18. The molecule has 0 heterocycles. The summed E-state index contributed by atoms with van der Waals surface area (Å²) < 4.78 is 0. The molecule has 2 rings (SSSR count). The summed E-state index contributed by atoms with van der Waals surface area (Å²) in [7, 11) is 0. The highest BCUT2D eigenvalue weighted by molar-refractivity contribution is 6.30. The van der Waals surface area contributed by atoms with E-state index in [4.69, 9.17) is 11.6 Å². The number of carbonyl (C=O) groups excluding carboxylic acids is 2. The molecule has 1 aromatic carbocycles. The maximum atomic E-state index is 11.9. The number of nitrogens with one attached hydrogen (secondary N) is 2. The molecule has 4 nitrogen and oxygen atoms in total. The van der Waals surface area contributed by atoms with Crippen LogP contribution in [0, 0.1) is 5.92 Å². The van der Waals surface area contributed by atoms with E-state index in [9.17, 15) is 9.59 Å². The second kappa shape index (κ2) is 7.10. The van der Waals surface area contributed by atoms with Gasteiger partial charge in [0, 0.05) is 16.6 Å². The van der Waals surface area contributed by atoms with E-state index in [1.54, 1.807) is 24.3 Å². The van der Waals surface area contributed by atoms with E-state index in [1.165, 1.54) is 0 Å². The number of benzene rings is 1. The van der Waals surface area contributed by atoms with Crippen molar-refractivity contribution in [3.05, 3.63) is 41.4 Å². The largest absolute Gasteiger partial charge is 0.347 e. The molecule has 0 saturated carbocycles. The molecule has 1 aromatic rings. The van der Waals surface area contributed by atoms with Gasteiger partial charge in [-0.2, -0.15) is 0 Å². The van der Waals surface area contributed by atoms with Crippen LogP contribution in [0.3, 0.4) is 0 Å². The first-order chi connectivity index (χ1) is 9.65. The van der Waals surface area contributed by atoms with E-state index >= 15 is 0 Å². The van der Waals surface area contributed by atoms with E-state index < -0.39 is 0 Å². The normalized spacial score (nSPS) is 17.6. The van der Waals surface area contributed by atoms with Gasteiger partial charge < -0.3 is 10.6 Å². The zero-order valence-electron chi connectivity index (χ0n) is 11.1. The van der Waals surface area contributed by atoms with Gasteiger partial charge in [-0.1, -0.05) is 23.8 Å². The fraction of sp³-hybridized carbons (Fsp3) is 0.333. The average molecular weight is 293 g/mol. The van der Waals surface area contributed by atoms with E-state index in [0.717, 1.165) is 19.3 Å². The standard InChI is InChI=1S/C15H17ClN2O2/c16-12-6-8-13(9-7-12)18-14(19)10-17-15(20)11-4-2-1-3-5-11/h1-2,6-9,11H,3-5,10H2,(H,17,20)(H,18,19)/t11-/m1/s1. The molecule has 0 aliphatic heterocycles. The zero-order chi connectivity index (χ0) is 14.4. The Labute approximate surface area is 123 Å². The minimum absolute atomic E-state index is 0.0108. The number of hydrogen-bond donors (Lipinski definition) is 2. The summed E-state index contributed by atoms with van der Waals surface area (Å²) in [6.45, 7) is -0.0122. The maximum Gasteiger partial charge on any atom is 0.243 e. The maximum absolute atomic E-state index is 11.9. The predicted molar refractivity (Wildman–Crippen MR) is 79.6 cm³/mol. The van der Waals surface area contributed by atoms with E-state index in [2.05, 4.69) is 16.7 Å². The number of rotatable bonds is 4. The third-order valence-corrected chi connectivity index (χ3v) is 3.44. The molecular formula is C15H17ClN2O2. The van der Waals surface area contributed by atoms with Crippen molar-refractivity contribution < 1.29 is 9.59 Å². The fourth-order valence-electron chi connectivity index (χ4n) is 2.08. The van der Waals surface area contributed by atoms with Gasteiger partial charge in [-0.15, -0.1) is 0 Å². The number of amides is 2. The Hall–Kier alpha value is -1.81. The summed E-state index contributed by atoms with van der Waals surface area (Å²) in [5.74, 6) is -0.309. The summed E-state index contributed by atoms with van der Waals surface area (Å²) in [5, 5.41) is 5.99. The van der Waals surface area contributed by atoms with Crippen molar-refractivity contribution >= 4 is 29.1 Å². The van der Waals surface area contributed by atoms with E-state index in [0.29, 0.717) is 10.7 Å². The van der Waals surface area contributed by atoms with Crippen molar-refractivity contribution in [3.8, 4) is 0 Å². The lowest BCUT2D eigenvalue weighted by Crippen LogP contribution is -2.37. The zero-order valence-corrected chi connectivity index (χ0v) is 11.8. The highest BCUT2D eigenvalue weighted by atomic mass is 35.5. The Morgan fingerprint density at radius 1 is 1.20 bits per heavy atom. The first-order valence-corrected chi connectivity index (χ1v) is 7.01. The lowest BCUT2D eigenvalue weighted by molar-refractivity contribution is -0.127. The van der Waals surface area contributed by atoms with Crippen LogP contribution in [0.15, 0.2) is 36.4 Å². The Morgan fingerprint density at radius 3 is 2.60 bits per heavy atom. The summed E-state index contributed by atoms with van der Waals surface area (Å²) in [4.78, 5) is 23.6. The molecule has 5 heteroatoms. The van der Waals surface area contributed by atoms with Crippen LogP contribution in [0.2, 0.25) is 5.02 Å². The van der Waals surface area contributed by atoms with Crippen molar-refractivity contribution in [2.24, 2.45) is 5.92 Å². The topological polar surface area (TPSA) is 58.2 Å². The monoisotopic (exact) mass is 292 g/mol. The Bertz CT molecular complexity index is 511. The summed E-state index contributed by atoms with van der Waals surface area (Å²) in [6.07, 6.45) is 6.62. The van der Waals surface area contributed by atoms with E-state index in [1.807, 2.05) is 6.08 Å². The van der Waals surface area contributed by atoms with Crippen LogP contribution >= 0.6 is 11.6 Å². The Morgan fingerprint density at radius 2 is 1.95 bits per heavy atom. The van der Waals surface area contributed by atoms with E-state index in [-0.39, 0.29) is 24.3 Å². The van der Waals surface area contributed by atoms with Gasteiger partial charge in [-0.25, -0.2) is 0 Å². The molecule has 0 radical (unpaired) electrons. The average Bonchev–Trinajstić information content (AvgIpc) is 2.48. The lowest BCUT2D eigenvalue weighted by Gasteiger charge is -2.17. The summed E-state index contributed by atoms with van der Waals surface area (Å²) in [5.41, 5.74) is 0.661. The number of allylic oxidation sites excluding steroid dienone is 2. The van der Waals surface area contributed by atoms with Crippen LogP contribution in [0.4, 0.5) is 5.69 Å².